The van der Waals surface area contributed by atoms with Gasteiger partial charge in [0.05, 0.1) is 6.61 Å². The standard InChI is InChI=1S/C10H11ClN4O5/c11-5-1-2-6-12-13-10(15(6)14-5)20-9-8(18)7(17)4(3-16)19-9/h1-2,4,7-9,16-18H,3H2/t4-,7-,8+,9+/m1/s1. The van der Waals surface area contributed by atoms with Crippen LogP contribution in [0.25, 0.3) is 5.65 Å². The van der Waals surface area contributed by atoms with Crippen LogP contribution in [0, 0.1) is 0 Å². The number of hydrogen-bond acceptors (Lipinski definition) is 8. The predicted octanol–water partition coefficient (Wildman–Crippen LogP) is -1.40. The van der Waals surface area contributed by atoms with Gasteiger partial charge in [0.1, 0.15) is 23.5 Å². The lowest BCUT2D eigenvalue weighted by Crippen LogP contribution is -2.35. The van der Waals surface area contributed by atoms with Crippen LogP contribution in [0.15, 0.2) is 12.1 Å². The van der Waals surface area contributed by atoms with Crippen LogP contribution in [0.5, 0.6) is 6.01 Å². The molecule has 0 saturated carbocycles. The summed E-state index contributed by atoms with van der Waals surface area (Å²) < 4.78 is 11.7. The molecule has 3 N–H and O–H groups in total. The van der Waals surface area contributed by atoms with Crippen molar-refractivity contribution in [1.82, 2.24) is 19.8 Å². The van der Waals surface area contributed by atoms with Crippen molar-refractivity contribution < 1.29 is 24.8 Å². The van der Waals surface area contributed by atoms with Gasteiger partial charge in [0.15, 0.2) is 5.65 Å². The van der Waals surface area contributed by atoms with Gasteiger partial charge >= 0.3 is 6.01 Å². The van der Waals surface area contributed by atoms with E-state index in [1.807, 2.05) is 0 Å². The molecule has 4 atom stereocenters. The van der Waals surface area contributed by atoms with E-state index in [0.717, 1.165) is 0 Å². The van der Waals surface area contributed by atoms with E-state index in [4.69, 9.17) is 26.2 Å². The molecule has 1 aliphatic rings. The van der Waals surface area contributed by atoms with E-state index in [1.165, 1.54) is 4.52 Å². The van der Waals surface area contributed by atoms with Gasteiger partial charge in [-0.05, 0) is 12.1 Å². The van der Waals surface area contributed by atoms with Gasteiger partial charge in [-0.15, -0.1) is 10.2 Å². The Morgan fingerprint density at radius 1 is 1.30 bits per heavy atom. The maximum absolute atomic E-state index is 9.77. The molecule has 0 radical (unpaired) electrons. The first-order valence-electron chi connectivity index (χ1n) is 5.77. The van der Waals surface area contributed by atoms with Crippen molar-refractivity contribution in [1.29, 1.82) is 0 Å². The molecule has 0 spiro atoms. The molecule has 1 fully saturated rings. The Morgan fingerprint density at radius 2 is 2.10 bits per heavy atom. The average Bonchev–Trinajstić information content (AvgIpc) is 2.95. The molecule has 0 aliphatic carbocycles. The first-order valence-corrected chi connectivity index (χ1v) is 6.15. The molecule has 2 aromatic heterocycles. The number of ether oxygens (including phenoxy) is 2. The van der Waals surface area contributed by atoms with Gasteiger partial charge in [0.2, 0.25) is 6.29 Å². The fraction of sp³-hybridized carbons (Fsp3) is 0.500. The number of halogens is 1. The molecule has 0 unspecified atom stereocenters. The molecule has 0 bridgehead atoms. The summed E-state index contributed by atoms with van der Waals surface area (Å²) >= 11 is 5.76. The SMILES string of the molecule is OC[C@H]1O[C@@H](Oc2nnc3ccc(Cl)nn23)[C@@H](O)[C@@H]1O. The Balaban J connectivity index is 1.85. The zero-order valence-corrected chi connectivity index (χ0v) is 10.8. The molecule has 0 amide bonds. The largest absolute Gasteiger partial charge is 0.429 e. The number of aromatic nitrogens is 4. The van der Waals surface area contributed by atoms with E-state index in [2.05, 4.69) is 15.3 Å². The molecule has 20 heavy (non-hydrogen) atoms. The van der Waals surface area contributed by atoms with Crippen LogP contribution in [-0.2, 0) is 4.74 Å². The van der Waals surface area contributed by atoms with E-state index in [-0.39, 0.29) is 11.2 Å². The van der Waals surface area contributed by atoms with Crippen LogP contribution in [-0.4, -0.2) is 66.3 Å². The highest BCUT2D eigenvalue weighted by atomic mass is 35.5. The summed E-state index contributed by atoms with van der Waals surface area (Å²) in [5.74, 6) is 0. The monoisotopic (exact) mass is 302 g/mol. The average molecular weight is 303 g/mol. The predicted molar refractivity (Wildman–Crippen MR) is 64.2 cm³/mol. The molecule has 1 aliphatic heterocycles. The molecule has 9 nitrogen and oxygen atoms in total. The van der Waals surface area contributed by atoms with Gasteiger partial charge in [-0.2, -0.15) is 4.52 Å². The second kappa shape index (κ2) is 5.11. The van der Waals surface area contributed by atoms with Gasteiger partial charge in [-0.1, -0.05) is 16.7 Å². The van der Waals surface area contributed by atoms with Crippen LogP contribution in [0.4, 0.5) is 0 Å². The molecule has 2 aromatic rings. The Hall–Kier alpha value is -1.52. The van der Waals surface area contributed by atoms with Crippen molar-refractivity contribution in [3.05, 3.63) is 17.3 Å². The van der Waals surface area contributed by atoms with Crippen molar-refractivity contribution in [3.8, 4) is 6.01 Å². The molecule has 3 heterocycles. The molecular weight excluding hydrogens is 292 g/mol. The number of fused-ring (bicyclic) bond motifs is 1. The minimum atomic E-state index is -1.32. The number of aliphatic hydroxyl groups is 3. The third-order valence-corrected chi connectivity index (χ3v) is 3.12. The smallest absolute Gasteiger partial charge is 0.341 e. The first kappa shape index (κ1) is 13.5. The quantitative estimate of drug-likeness (QED) is 0.632. The molecule has 1 saturated heterocycles. The van der Waals surface area contributed by atoms with Crippen molar-refractivity contribution >= 4 is 17.2 Å². The highest BCUT2D eigenvalue weighted by Gasteiger charge is 2.44. The lowest BCUT2D eigenvalue weighted by atomic mass is 10.1. The summed E-state index contributed by atoms with van der Waals surface area (Å²) in [6.45, 7) is -0.442. The summed E-state index contributed by atoms with van der Waals surface area (Å²) in [6, 6.07) is 3.09. The van der Waals surface area contributed by atoms with Gasteiger partial charge in [-0.3, -0.25) is 0 Å². The molecule has 3 rings (SSSR count). The minimum absolute atomic E-state index is 0.0441. The second-order valence-corrected chi connectivity index (χ2v) is 4.62. The van der Waals surface area contributed by atoms with Crippen molar-refractivity contribution in [3.63, 3.8) is 0 Å². The molecule has 0 aromatic carbocycles. The fourth-order valence-corrected chi connectivity index (χ4v) is 2.03. The number of aliphatic hydroxyl groups excluding tert-OH is 3. The van der Waals surface area contributed by atoms with Crippen LogP contribution < -0.4 is 4.74 Å². The lowest BCUT2D eigenvalue weighted by molar-refractivity contribution is -0.120. The number of rotatable bonds is 3. The minimum Gasteiger partial charge on any atom is -0.429 e. The lowest BCUT2D eigenvalue weighted by Gasteiger charge is -2.14. The van der Waals surface area contributed by atoms with E-state index >= 15 is 0 Å². The molecule has 10 heteroatoms. The maximum atomic E-state index is 9.77. The van der Waals surface area contributed by atoms with Crippen LogP contribution in [0.1, 0.15) is 0 Å². The van der Waals surface area contributed by atoms with Crippen molar-refractivity contribution in [2.45, 2.75) is 24.6 Å². The third-order valence-electron chi connectivity index (χ3n) is 2.92. The van der Waals surface area contributed by atoms with Crippen molar-refractivity contribution in [2.24, 2.45) is 0 Å². The Morgan fingerprint density at radius 3 is 2.80 bits per heavy atom. The normalized spacial score (nSPS) is 30.0. The molecule has 108 valence electrons. The topological polar surface area (TPSA) is 122 Å². The summed E-state index contributed by atoms with van der Waals surface area (Å²) in [7, 11) is 0. The summed E-state index contributed by atoms with van der Waals surface area (Å²) in [5.41, 5.74) is 0.399. The number of nitrogens with zero attached hydrogens (tertiary/aromatic N) is 4. The van der Waals surface area contributed by atoms with E-state index < -0.39 is 31.2 Å². The van der Waals surface area contributed by atoms with Gasteiger partial charge < -0.3 is 24.8 Å². The molecular formula is C10H11ClN4O5. The highest BCUT2D eigenvalue weighted by molar-refractivity contribution is 6.29. The Kier molecular flexibility index (Phi) is 3.44. The Labute approximate surface area is 117 Å². The fourth-order valence-electron chi connectivity index (χ4n) is 1.89. The Bertz CT molecular complexity index is 623. The first-order chi connectivity index (χ1) is 9.60. The van der Waals surface area contributed by atoms with Gasteiger partial charge in [0.25, 0.3) is 0 Å². The zero-order chi connectivity index (χ0) is 14.3. The third kappa shape index (κ3) is 2.19. The van der Waals surface area contributed by atoms with E-state index in [0.29, 0.717) is 5.65 Å². The van der Waals surface area contributed by atoms with Crippen LogP contribution >= 0.6 is 11.6 Å². The zero-order valence-electron chi connectivity index (χ0n) is 10.00. The summed E-state index contributed by atoms with van der Waals surface area (Å²) in [5, 5.41) is 40.1. The van der Waals surface area contributed by atoms with Gasteiger partial charge in [0, 0.05) is 0 Å². The van der Waals surface area contributed by atoms with E-state index in [1.54, 1.807) is 12.1 Å². The van der Waals surface area contributed by atoms with Crippen LogP contribution in [0.3, 0.4) is 0 Å². The van der Waals surface area contributed by atoms with Crippen LogP contribution in [0.2, 0.25) is 5.15 Å². The summed E-state index contributed by atoms with van der Waals surface area (Å²) in [4.78, 5) is 0. The highest BCUT2D eigenvalue weighted by Crippen LogP contribution is 2.23. The summed E-state index contributed by atoms with van der Waals surface area (Å²) in [6.07, 6.45) is -4.68. The van der Waals surface area contributed by atoms with Crippen molar-refractivity contribution in [2.75, 3.05) is 6.61 Å². The second-order valence-electron chi connectivity index (χ2n) is 4.23. The number of hydrogen-bond donors (Lipinski definition) is 3. The van der Waals surface area contributed by atoms with E-state index in [9.17, 15) is 10.2 Å². The van der Waals surface area contributed by atoms with Gasteiger partial charge in [-0.25, -0.2) is 0 Å². The maximum Gasteiger partial charge on any atom is 0.341 e.